The second-order valence-electron chi connectivity index (χ2n) is 2.89. The number of fused-ring (bicyclic) bond motifs is 1. The summed E-state index contributed by atoms with van der Waals surface area (Å²) in [5.74, 6) is -3.22. The van der Waals surface area contributed by atoms with E-state index in [1.54, 1.807) is 0 Å². The summed E-state index contributed by atoms with van der Waals surface area (Å²) < 4.78 is 30.7. The summed E-state index contributed by atoms with van der Waals surface area (Å²) in [5.41, 5.74) is 5.48. The Kier molecular flexibility index (Phi) is 1.37. The van der Waals surface area contributed by atoms with Crippen molar-refractivity contribution in [2.24, 2.45) is 0 Å². The highest BCUT2D eigenvalue weighted by atomic mass is 19.3. The molecule has 3 nitrogen and oxygen atoms in total. The number of aromatic nitrogens is 1. The van der Waals surface area contributed by atoms with Gasteiger partial charge in [-0.1, -0.05) is 0 Å². The smallest absolute Gasteiger partial charge is 0.306 e. The Morgan fingerprint density at radius 3 is 2.92 bits per heavy atom. The van der Waals surface area contributed by atoms with Crippen LogP contribution < -0.4 is 5.73 Å². The predicted octanol–water partition coefficient (Wildman–Crippen LogP) is 1.68. The summed E-state index contributed by atoms with van der Waals surface area (Å²) in [6, 6.07) is -0.165. The maximum atomic E-state index is 13.0. The van der Waals surface area contributed by atoms with Crippen LogP contribution in [0, 0.1) is 0 Å². The first-order valence-corrected chi connectivity index (χ1v) is 3.73. The van der Waals surface area contributed by atoms with Gasteiger partial charge in [-0.25, -0.2) is 0 Å². The number of oxazole rings is 1. The van der Waals surface area contributed by atoms with Crippen LogP contribution in [-0.2, 0) is 12.3 Å². The Balaban J connectivity index is 2.51. The maximum Gasteiger partial charge on any atom is 0.306 e. The van der Waals surface area contributed by atoms with E-state index >= 15 is 0 Å². The number of hydrogen-bond donors (Lipinski definition) is 1. The summed E-state index contributed by atoms with van der Waals surface area (Å²) in [7, 11) is 0. The van der Waals surface area contributed by atoms with E-state index in [0.717, 1.165) is 0 Å². The molecule has 2 N–H and O–H groups in total. The average molecular weight is 174 g/mol. The number of halogens is 2. The molecular weight excluding hydrogens is 166 g/mol. The van der Waals surface area contributed by atoms with Gasteiger partial charge in [0.05, 0.1) is 5.69 Å². The fraction of sp³-hybridized carbons (Fsp3) is 0.571. The molecule has 0 saturated heterocycles. The number of rotatable bonds is 0. The van der Waals surface area contributed by atoms with Crippen LogP contribution >= 0.6 is 0 Å². The van der Waals surface area contributed by atoms with Gasteiger partial charge < -0.3 is 10.2 Å². The molecule has 1 heterocycles. The van der Waals surface area contributed by atoms with E-state index in [4.69, 9.17) is 5.73 Å². The van der Waals surface area contributed by atoms with Crippen LogP contribution in [0.5, 0.6) is 0 Å². The van der Waals surface area contributed by atoms with Gasteiger partial charge in [0.1, 0.15) is 0 Å². The Morgan fingerprint density at radius 1 is 1.50 bits per heavy atom. The van der Waals surface area contributed by atoms with Crippen LogP contribution in [0.3, 0.4) is 0 Å². The monoisotopic (exact) mass is 174 g/mol. The highest BCUT2D eigenvalue weighted by Gasteiger charge is 2.41. The summed E-state index contributed by atoms with van der Waals surface area (Å²) >= 11 is 0. The number of nitrogens with zero attached hydrogens (tertiary/aromatic N) is 1. The minimum atomic E-state index is -2.88. The zero-order chi connectivity index (χ0) is 8.77. The lowest BCUT2D eigenvalue weighted by atomic mass is 9.99. The van der Waals surface area contributed by atoms with Crippen LogP contribution in [0.1, 0.15) is 24.3 Å². The Bertz CT molecular complexity index is 308. The van der Waals surface area contributed by atoms with E-state index in [-0.39, 0.29) is 18.2 Å². The first-order valence-electron chi connectivity index (χ1n) is 3.73. The van der Waals surface area contributed by atoms with Crippen molar-refractivity contribution in [1.29, 1.82) is 0 Å². The van der Waals surface area contributed by atoms with Crippen molar-refractivity contribution in [2.75, 3.05) is 5.73 Å². The summed E-state index contributed by atoms with van der Waals surface area (Å²) in [6.45, 7) is 0. The first kappa shape index (κ1) is 7.52. The van der Waals surface area contributed by atoms with Crippen LogP contribution in [-0.4, -0.2) is 4.98 Å². The minimum Gasteiger partial charge on any atom is -0.422 e. The summed E-state index contributed by atoms with van der Waals surface area (Å²) in [5, 5.41) is 0. The molecule has 0 aromatic carbocycles. The molecule has 0 radical (unpaired) electrons. The SMILES string of the molecule is Nc1nc2c(o1)C(F)(F)CCC2. The highest BCUT2D eigenvalue weighted by Crippen LogP contribution is 2.40. The van der Waals surface area contributed by atoms with Crippen molar-refractivity contribution in [3.05, 3.63) is 11.5 Å². The third-order valence-electron chi connectivity index (χ3n) is 1.95. The van der Waals surface area contributed by atoms with Crippen molar-refractivity contribution < 1.29 is 13.2 Å². The molecule has 12 heavy (non-hydrogen) atoms. The van der Waals surface area contributed by atoms with Gasteiger partial charge >= 0.3 is 5.92 Å². The molecule has 0 spiro atoms. The average Bonchev–Trinajstić information content (AvgIpc) is 2.30. The third kappa shape index (κ3) is 0.964. The fourth-order valence-corrected chi connectivity index (χ4v) is 1.42. The topological polar surface area (TPSA) is 52.0 Å². The van der Waals surface area contributed by atoms with Crippen molar-refractivity contribution in [2.45, 2.75) is 25.2 Å². The molecule has 0 bridgehead atoms. The molecule has 0 saturated carbocycles. The quantitative estimate of drug-likeness (QED) is 0.651. The molecule has 0 amide bonds. The second-order valence-corrected chi connectivity index (χ2v) is 2.89. The van der Waals surface area contributed by atoms with E-state index in [9.17, 15) is 8.78 Å². The van der Waals surface area contributed by atoms with E-state index < -0.39 is 5.92 Å². The van der Waals surface area contributed by atoms with Crippen LogP contribution in [0.25, 0.3) is 0 Å². The largest absolute Gasteiger partial charge is 0.422 e. The van der Waals surface area contributed by atoms with Crippen LogP contribution in [0.2, 0.25) is 0 Å². The third-order valence-corrected chi connectivity index (χ3v) is 1.95. The number of nitrogen functional groups attached to an aromatic ring is 1. The van der Waals surface area contributed by atoms with Crippen LogP contribution in [0.4, 0.5) is 14.8 Å². The van der Waals surface area contributed by atoms with Gasteiger partial charge in [0.15, 0.2) is 5.76 Å². The number of aryl methyl sites for hydroxylation is 1. The predicted molar refractivity (Wildman–Crippen MR) is 37.7 cm³/mol. The van der Waals surface area contributed by atoms with Gasteiger partial charge in [0, 0.05) is 6.42 Å². The molecule has 0 atom stereocenters. The Labute approximate surface area is 67.6 Å². The lowest BCUT2D eigenvalue weighted by Crippen LogP contribution is -2.19. The molecule has 1 aromatic heterocycles. The molecule has 1 aliphatic carbocycles. The molecule has 66 valence electrons. The lowest BCUT2D eigenvalue weighted by molar-refractivity contribution is -0.0421. The molecule has 0 aliphatic heterocycles. The normalized spacial score (nSPS) is 20.5. The van der Waals surface area contributed by atoms with Gasteiger partial charge in [-0.3, -0.25) is 0 Å². The van der Waals surface area contributed by atoms with Gasteiger partial charge in [0.2, 0.25) is 0 Å². The highest BCUT2D eigenvalue weighted by molar-refractivity contribution is 5.25. The summed E-state index contributed by atoms with van der Waals surface area (Å²) in [6.07, 6.45) is 0.798. The van der Waals surface area contributed by atoms with Gasteiger partial charge in [0.25, 0.3) is 6.01 Å². The van der Waals surface area contributed by atoms with E-state index in [0.29, 0.717) is 18.5 Å². The van der Waals surface area contributed by atoms with E-state index in [2.05, 4.69) is 9.40 Å². The molecular formula is C7H8F2N2O. The van der Waals surface area contributed by atoms with Crippen molar-refractivity contribution in [3.63, 3.8) is 0 Å². The lowest BCUT2D eigenvalue weighted by Gasteiger charge is -2.18. The molecule has 5 heteroatoms. The maximum absolute atomic E-state index is 13.0. The van der Waals surface area contributed by atoms with Gasteiger partial charge in [-0.05, 0) is 12.8 Å². The fourth-order valence-electron chi connectivity index (χ4n) is 1.42. The molecule has 2 rings (SSSR count). The number of alkyl halides is 2. The van der Waals surface area contributed by atoms with Gasteiger partial charge in [-0.2, -0.15) is 13.8 Å². The molecule has 0 unspecified atom stereocenters. The second kappa shape index (κ2) is 2.18. The minimum absolute atomic E-state index is 0.165. The molecule has 1 aromatic rings. The zero-order valence-corrected chi connectivity index (χ0v) is 6.31. The van der Waals surface area contributed by atoms with Crippen molar-refractivity contribution >= 4 is 6.01 Å². The van der Waals surface area contributed by atoms with Crippen molar-refractivity contribution in [1.82, 2.24) is 4.98 Å². The van der Waals surface area contributed by atoms with E-state index in [1.807, 2.05) is 0 Å². The standard InChI is InChI=1S/C7H8F2N2O/c8-7(9)3-1-2-4-5(7)12-6(10)11-4/h1-3H2,(H2,10,11). The number of nitrogens with two attached hydrogens (primary N) is 1. The molecule has 0 fully saturated rings. The Morgan fingerprint density at radius 2 is 2.25 bits per heavy atom. The zero-order valence-electron chi connectivity index (χ0n) is 6.31. The van der Waals surface area contributed by atoms with Crippen LogP contribution in [0.15, 0.2) is 4.42 Å². The number of hydrogen-bond acceptors (Lipinski definition) is 3. The van der Waals surface area contributed by atoms with E-state index in [1.165, 1.54) is 0 Å². The van der Waals surface area contributed by atoms with Gasteiger partial charge in [-0.15, -0.1) is 0 Å². The first-order chi connectivity index (χ1) is 5.59. The summed E-state index contributed by atoms with van der Waals surface area (Å²) in [4.78, 5) is 3.68. The number of anilines is 1. The van der Waals surface area contributed by atoms with Crippen molar-refractivity contribution in [3.8, 4) is 0 Å². The molecule has 1 aliphatic rings. The Hall–Kier alpha value is -1.13.